The Morgan fingerprint density at radius 3 is 2.43 bits per heavy atom. The zero-order chi connectivity index (χ0) is 14.8. The molecule has 1 aromatic carbocycles. The average Bonchev–Trinajstić information content (AvgIpc) is 2.94. The van der Waals surface area contributed by atoms with Crippen molar-refractivity contribution >= 4 is 5.97 Å². The molecule has 2 aliphatic rings. The average molecular weight is 288 g/mol. The van der Waals surface area contributed by atoms with Crippen LogP contribution < -0.4 is 0 Å². The first-order chi connectivity index (χ1) is 10.1. The highest BCUT2D eigenvalue weighted by atomic mass is 16.4. The maximum atomic E-state index is 11.6. The van der Waals surface area contributed by atoms with E-state index in [1.807, 2.05) is 18.2 Å². The number of nitrogens with zero attached hydrogens (tertiary/aromatic N) is 2. The molecule has 2 aliphatic heterocycles. The van der Waals surface area contributed by atoms with Gasteiger partial charge in [-0.2, -0.15) is 0 Å². The molecule has 2 saturated heterocycles. The Bertz CT molecular complexity index is 483. The van der Waals surface area contributed by atoms with Crippen LogP contribution in [0.25, 0.3) is 0 Å². The Labute approximate surface area is 126 Å². The van der Waals surface area contributed by atoms with Gasteiger partial charge in [-0.05, 0) is 38.5 Å². The third-order valence-electron chi connectivity index (χ3n) is 5.10. The van der Waals surface area contributed by atoms with Gasteiger partial charge in [0, 0.05) is 25.0 Å². The lowest BCUT2D eigenvalue weighted by Crippen LogP contribution is -2.43. The topological polar surface area (TPSA) is 43.8 Å². The molecule has 0 radical (unpaired) electrons. The second-order valence-electron chi connectivity index (χ2n) is 6.45. The van der Waals surface area contributed by atoms with Crippen LogP contribution in [0.2, 0.25) is 0 Å². The highest BCUT2D eigenvalue weighted by molar-refractivity contribution is 5.72. The zero-order valence-electron chi connectivity index (χ0n) is 12.6. The van der Waals surface area contributed by atoms with E-state index in [0.29, 0.717) is 12.6 Å². The number of hydrogen-bond donors (Lipinski definition) is 1. The minimum Gasteiger partial charge on any atom is -0.481 e. The highest BCUT2D eigenvalue weighted by Crippen LogP contribution is 2.35. The van der Waals surface area contributed by atoms with E-state index in [4.69, 9.17) is 0 Å². The predicted molar refractivity (Wildman–Crippen MR) is 82.4 cm³/mol. The number of benzene rings is 1. The quantitative estimate of drug-likeness (QED) is 0.922. The van der Waals surface area contributed by atoms with Crippen molar-refractivity contribution in [3.8, 4) is 0 Å². The lowest BCUT2D eigenvalue weighted by molar-refractivity contribution is -0.141. The largest absolute Gasteiger partial charge is 0.481 e. The first-order valence-electron chi connectivity index (χ1n) is 7.85. The maximum Gasteiger partial charge on any atom is 0.308 e. The molecule has 21 heavy (non-hydrogen) atoms. The SMILES string of the molecule is CN1CCC(N2C[C@H](C(=O)O)[C@@H](c3ccccc3)C2)CC1. The van der Waals surface area contributed by atoms with Crippen molar-refractivity contribution in [2.45, 2.75) is 24.8 Å². The van der Waals surface area contributed by atoms with Crippen LogP contribution in [0.3, 0.4) is 0 Å². The summed E-state index contributed by atoms with van der Waals surface area (Å²) < 4.78 is 0. The summed E-state index contributed by atoms with van der Waals surface area (Å²) >= 11 is 0. The van der Waals surface area contributed by atoms with Gasteiger partial charge in [0.1, 0.15) is 0 Å². The third-order valence-corrected chi connectivity index (χ3v) is 5.10. The Morgan fingerprint density at radius 2 is 1.81 bits per heavy atom. The molecule has 2 fully saturated rings. The summed E-state index contributed by atoms with van der Waals surface area (Å²) in [6, 6.07) is 10.7. The van der Waals surface area contributed by atoms with E-state index < -0.39 is 5.97 Å². The summed E-state index contributed by atoms with van der Waals surface area (Å²) in [6.07, 6.45) is 2.31. The fourth-order valence-corrected chi connectivity index (χ4v) is 3.78. The second kappa shape index (κ2) is 6.16. The van der Waals surface area contributed by atoms with Gasteiger partial charge >= 0.3 is 5.97 Å². The first-order valence-corrected chi connectivity index (χ1v) is 7.85. The number of hydrogen-bond acceptors (Lipinski definition) is 3. The summed E-state index contributed by atoms with van der Waals surface area (Å²) in [4.78, 5) is 16.4. The van der Waals surface area contributed by atoms with Gasteiger partial charge in [0.25, 0.3) is 0 Å². The maximum absolute atomic E-state index is 11.6. The number of carboxylic acids is 1. The van der Waals surface area contributed by atoms with Crippen molar-refractivity contribution in [2.24, 2.45) is 5.92 Å². The van der Waals surface area contributed by atoms with Crippen LogP contribution in [-0.2, 0) is 4.79 Å². The van der Waals surface area contributed by atoms with E-state index in [1.165, 1.54) is 5.56 Å². The van der Waals surface area contributed by atoms with Crippen molar-refractivity contribution in [1.29, 1.82) is 0 Å². The number of aliphatic carboxylic acids is 1. The molecule has 0 bridgehead atoms. The van der Waals surface area contributed by atoms with Gasteiger partial charge in [-0.1, -0.05) is 30.3 Å². The van der Waals surface area contributed by atoms with Gasteiger partial charge in [-0.25, -0.2) is 0 Å². The molecule has 3 rings (SSSR count). The number of piperidine rings is 1. The second-order valence-corrected chi connectivity index (χ2v) is 6.45. The first kappa shape index (κ1) is 14.5. The number of rotatable bonds is 3. The van der Waals surface area contributed by atoms with Gasteiger partial charge in [0.2, 0.25) is 0 Å². The monoisotopic (exact) mass is 288 g/mol. The minimum absolute atomic E-state index is 0.128. The lowest BCUT2D eigenvalue weighted by Gasteiger charge is -2.35. The standard InChI is InChI=1S/C17H24N2O2/c1-18-9-7-14(8-10-18)19-11-15(16(12-19)17(20)21)13-5-3-2-4-6-13/h2-6,14-16H,7-12H2,1H3,(H,20,21)/t15-,16+/m1/s1. The molecule has 2 heterocycles. The van der Waals surface area contributed by atoms with Gasteiger partial charge in [-0.3, -0.25) is 9.69 Å². The number of likely N-dealkylation sites (tertiary alicyclic amines) is 2. The molecule has 0 unspecified atom stereocenters. The van der Waals surface area contributed by atoms with Crippen molar-refractivity contribution in [3.05, 3.63) is 35.9 Å². The summed E-state index contributed by atoms with van der Waals surface area (Å²) in [5, 5.41) is 9.57. The summed E-state index contributed by atoms with van der Waals surface area (Å²) in [7, 11) is 2.16. The molecule has 114 valence electrons. The Balaban J connectivity index is 1.74. The molecule has 1 aromatic rings. The lowest BCUT2D eigenvalue weighted by atomic mass is 9.89. The highest BCUT2D eigenvalue weighted by Gasteiger charge is 2.41. The summed E-state index contributed by atoms with van der Waals surface area (Å²) in [6.45, 7) is 3.82. The Morgan fingerprint density at radius 1 is 1.14 bits per heavy atom. The van der Waals surface area contributed by atoms with E-state index in [1.54, 1.807) is 0 Å². The molecular weight excluding hydrogens is 264 g/mol. The molecular formula is C17H24N2O2. The molecule has 0 aromatic heterocycles. The summed E-state index contributed by atoms with van der Waals surface area (Å²) in [5.74, 6) is -0.797. The van der Waals surface area contributed by atoms with Crippen LogP contribution in [0.4, 0.5) is 0 Å². The smallest absolute Gasteiger partial charge is 0.308 e. The fourth-order valence-electron chi connectivity index (χ4n) is 3.78. The zero-order valence-corrected chi connectivity index (χ0v) is 12.6. The van der Waals surface area contributed by atoms with Crippen molar-refractivity contribution in [1.82, 2.24) is 9.80 Å². The van der Waals surface area contributed by atoms with Gasteiger partial charge in [-0.15, -0.1) is 0 Å². The predicted octanol–water partition coefficient (Wildman–Crippen LogP) is 1.88. The van der Waals surface area contributed by atoms with Crippen molar-refractivity contribution in [2.75, 3.05) is 33.2 Å². The molecule has 0 saturated carbocycles. The van der Waals surface area contributed by atoms with Crippen LogP contribution in [0, 0.1) is 5.92 Å². The van der Waals surface area contributed by atoms with Crippen LogP contribution in [0.1, 0.15) is 24.3 Å². The van der Waals surface area contributed by atoms with Crippen LogP contribution in [0.15, 0.2) is 30.3 Å². The normalized spacial score (nSPS) is 28.8. The molecule has 4 heteroatoms. The van der Waals surface area contributed by atoms with Gasteiger partial charge < -0.3 is 10.0 Å². The number of carboxylic acid groups (broad SMARTS) is 1. The van der Waals surface area contributed by atoms with Gasteiger partial charge in [0.15, 0.2) is 0 Å². The minimum atomic E-state index is -0.653. The Hall–Kier alpha value is -1.39. The molecule has 4 nitrogen and oxygen atoms in total. The fraction of sp³-hybridized carbons (Fsp3) is 0.588. The van der Waals surface area contributed by atoms with Crippen molar-refractivity contribution < 1.29 is 9.90 Å². The van der Waals surface area contributed by atoms with Crippen molar-refractivity contribution in [3.63, 3.8) is 0 Å². The number of carbonyl (C=O) groups is 1. The van der Waals surface area contributed by atoms with Crippen LogP contribution >= 0.6 is 0 Å². The van der Waals surface area contributed by atoms with E-state index in [2.05, 4.69) is 29.0 Å². The molecule has 0 spiro atoms. The molecule has 0 amide bonds. The molecule has 0 aliphatic carbocycles. The summed E-state index contributed by atoms with van der Waals surface area (Å²) in [5.41, 5.74) is 1.17. The molecule has 2 atom stereocenters. The van der Waals surface area contributed by atoms with E-state index in [-0.39, 0.29) is 11.8 Å². The Kier molecular flexibility index (Phi) is 4.27. The van der Waals surface area contributed by atoms with E-state index >= 15 is 0 Å². The van der Waals surface area contributed by atoms with E-state index in [9.17, 15) is 9.90 Å². The third kappa shape index (κ3) is 3.11. The van der Waals surface area contributed by atoms with E-state index in [0.717, 1.165) is 32.5 Å². The molecule has 1 N–H and O–H groups in total. The van der Waals surface area contributed by atoms with Gasteiger partial charge in [0.05, 0.1) is 5.92 Å². The van der Waals surface area contributed by atoms with Crippen LogP contribution in [0.5, 0.6) is 0 Å². The van der Waals surface area contributed by atoms with Crippen LogP contribution in [-0.4, -0.2) is 60.1 Å².